The molecular weight excluding hydrogens is 262 g/mol. The predicted octanol–water partition coefficient (Wildman–Crippen LogP) is 4.51. The van der Waals surface area contributed by atoms with Gasteiger partial charge in [-0.1, -0.05) is 31.2 Å². The first-order chi connectivity index (χ1) is 9.79. The lowest BCUT2D eigenvalue weighted by Gasteiger charge is -2.24. The molecular formula is C18H23NS. The second-order valence-electron chi connectivity index (χ2n) is 5.84. The lowest BCUT2D eigenvalue weighted by atomic mass is 9.93. The summed E-state index contributed by atoms with van der Waals surface area (Å²) in [5.41, 5.74) is 4.55. The van der Waals surface area contributed by atoms with Crippen LogP contribution in [0.5, 0.6) is 0 Å². The van der Waals surface area contributed by atoms with Gasteiger partial charge in [0, 0.05) is 10.9 Å². The fourth-order valence-electron chi connectivity index (χ4n) is 3.30. The van der Waals surface area contributed by atoms with Crippen LogP contribution in [0.15, 0.2) is 35.7 Å². The molecule has 1 aliphatic carbocycles. The van der Waals surface area contributed by atoms with Gasteiger partial charge in [0.05, 0.1) is 0 Å². The summed E-state index contributed by atoms with van der Waals surface area (Å²) in [5, 5.41) is 6.03. The van der Waals surface area contributed by atoms with Gasteiger partial charge in [-0.3, -0.25) is 0 Å². The SMILES string of the molecule is CCCNC(c1sccc1C)C1Cc2ccccc2C1. The van der Waals surface area contributed by atoms with Gasteiger partial charge in [0.1, 0.15) is 0 Å². The van der Waals surface area contributed by atoms with Crippen LogP contribution in [-0.2, 0) is 12.8 Å². The zero-order chi connectivity index (χ0) is 13.9. The molecule has 1 N–H and O–H groups in total. The number of rotatable bonds is 5. The third-order valence-electron chi connectivity index (χ3n) is 4.35. The molecule has 0 amide bonds. The van der Waals surface area contributed by atoms with Crippen LogP contribution in [0.3, 0.4) is 0 Å². The van der Waals surface area contributed by atoms with Gasteiger partial charge in [-0.05, 0) is 66.8 Å². The zero-order valence-corrected chi connectivity index (χ0v) is 13.2. The normalized spacial score (nSPS) is 16.3. The number of hydrogen-bond donors (Lipinski definition) is 1. The van der Waals surface area contributed by atoms with E-state index < -0.39 is 0 Å². The summed E-state index contributed by atoms with van der Waals surface area (Å²) in [4.78, 5) is 1.54. The molecule has 0 radical (unpaired) electrons. The molecule has 1 heterocycles. The standard InChI is InChI=1S/C18H23NS/c1-3-9-19-17(18-13(2)8-10-20-18)16-11-14-6-4-5-7-15(14)12-16/h4-8,10,16-17,19H,3,9,11-12H2,1-2H3. The van der Waals surface area contributed by atoms with Crippen molar-refractivity contribution in [2.45, 2.75) is 39.2 Å². The number of fused-ring (bicyclic) bond motifs is 1. The van der Waals surface area contributed by atoms with Crippen LogP contribution in [0.2, 0.25) is 0 Å². The number of thiophene rings is 1. The Kier molecular flexibility index (Phi) is 4.23. The van der Waals surface area contributed by atoms with Crippen LogP contribution in [0.4, 0.5) is 0 Å². The molecule has 2 heteroatoms. The van der Waals surface area contributed by atoms with Crippen molar-refractivity contribution in [3.63, 3.8) is 0 Å². The van der Waals surface area contributed by atoms with Gasteiger partial charge in [0.15, 0.2) is 0 Å². The van der Waals surface area contributed by atoms with Crippen molar-refractivity contribution in [1.29, 1.82) is 0 Å². The Bertz CT molecular complexity index is 547. The molecule has 0 saturated carbocycles. The molecule has 2 aromatic rings. The lowest BCUT2D eigenvalue weighted by molar-refractivity contribution is 0.378. The average Bonchev–Trinajstić information content (AvgIpc) is 3.06. The fourth-order valence-corrected chi connectivity index (χ4v) is 4.40. The first kappa shape index (κ1) is 13.8. The van der Waals surface area contributed by atoms with E-state index in [-0.39, 0.29) is 0 Å². The van der Waals surface area contributed by atoms with E-state index in [1.54, 1.807) is 11.1 Å². The van der Waals surface area contributed by atoms with Crippen LogP contribution in [0, 0.1) is 12.8 Å². The summed E-state index contributed by atoms with van der Waals surface area (Å²) < 4.78 is 0. The average molecular weight is 285 g/mol. The van der Waals surface area contributed by atoms with Crippen LogP contribution in [-0.4, -0.2) is 6.54 Å². The molecule has 1 aliphatic rings. The highest BCUT2D eigenvalue weighted by atomic mass is 32.1. The van der Waals surface area contributed by atoms with E-state index in [4.69, 9.17) is 0 Å². The van der Waals surface area contributed by atoms with Crippen molar-refractivity contribution in [3.05, 3.63) is 57.3 Å². The topological polar surface area (TPSA) is 12.0 Å². The first-order valence-corrected chi connectivity index (χ1v) is 8.51. The molecule has 106 valence electrons. The maximum Gasteiger partial charge on any atom is 0.0452 e. The van der Waals surface area contributed by atoms with E-state index in [1.165, 1.54) is 29.7 Å². The first-order valence-electron chi connectivity index (χ1n) is 7.63. The molecule has 1 atom stereocenters. The molecule has 1 unspecified atom stereocenters. The van der Waals surface area contributed by atoms with Gasteiger partial charge in [0.2, 0.25) is 0 Å². The van der Waals surface area contributed by atoms with Crippen LogP contribution in [0.25, 0.3) is 0 Å². The second-order valence-corrected chi connectivity index (χ2v) is 6.78. The maximum absolute atomic E-state index is 3.80. The summed E-state index contributed by atoms with van der Waals surface area (Å²) in [6.45, 7) is 5.60. The number of aryl methyl sites for hydroxylation is 1. The summed E-state index contributed by atoms with van der Waals surface area (Å²) in [5.74, 6) is 0.705. The van der Waals surface area contributed by atoms with Gasteiger partial charge in [-0.25, -0.2) is 0 Å². The molecule has 0 saturated heterocycles. The van der Waals surface area contributed by atoms with Gasteiger partial charge < -0.3 is 5.32 Å². The smallest absolute Gasteiger partial charge is 0.0452 e. The third-order valence-corrected chi connectivity index (χ3v) is 5.45. The minimum Gasteiger partial charge on any atom is -0.309 e. The summed E-state index contributed by atoms with van der Waals surface area (Å²) in [6.07, 6.45) is 3.63. The van der Waals surface area contributed by atoms with Crippen LogP contribution in [0.1, 0.15) is 41.0 Å². The van der Waals surface area contributed by atoms with Crippen molar-refractivity contribution >= 4 is 11.3 Å². The van der Waals surface area contributed by atoms with Gasteiger partial charge in [-0.2, -0.15) is 0 Å². The van der Waals surface area contributed by atoms with E-state index in [9.17, 15) is 0 Å². The number of hydrogen-bond acceptors (Lipinski definition) is 2. The Labute approximate surface area is 126 Å². The molecule has 3 rings (SSSR count). The lowest BCUT2D eigenvalue weighted by Crippen LogP contribution is -2.29. The quantitative estimate of drug-likeness (QED) is 0.852. The van der Waals surface area contributed by atoms with Crippen molar-refractivity contribution in [2.75, 3.05) is 6.54 Å². The molecule has 0 bridgehead atoms. The highest BCUT2D eigenvalue weighted by Gasteiger charge is 2.30. The number of benzene rings is 1. The van der Waals surface area contributed by atoms with Gasteiger partial charge >= 0.3 is 0 Å². The molecule has 0 spiro atoms. The van der Waals surface area contributed by atoms with E-state index in [0.29, 0.717) is 12.0 Å². The van der Waals surface area contributed by atoms with Crippen LogP contribution >= 0.6 is 11.3 Å². The van der Waals surface area contributed by atoms with Crippen molar-refractivity contribution in [3.8, 4) is 0 Å². The zero-order valence-electron chi connectivity index (χ0n) is 12.4. The van der Waals surface area contributed by atoms with E-state index in [1.807, 2.05) is 11.3 Å². The Balaban J connectivity index is 1.83. The van der Waals surface area contributed by atoms with Crippen molar-refractivity contribution < 1.29 is 0 Å². The minimum absolute atomic E-state index is 0.516. The van der Waals surface area contributed by atoms with Crippen LogP contribution < -0.4 is 5.32 Å². The fraction of sp³-hybridized carbons (Fsp3) is 0.444. The molecule has 20 heavy (non-hydrogen) atoms. The second kappa shape index (κ2) is 6.11. The third kappa shape index (κ3) is 2.68. The number of nitrogens with one attached hydrogen (secondary N) is 1. The monoisotopic (exact) mass is 285 g/mol. The minimum atomic E-state index is 0.516. The highest BCUT2D eigenvalue weighted by Crippen LogP contribution is 2.38. The molecule has 0 fully saturated rings. The largest absolute Gasteiger partial charge is 0.309 e. The predicted molar refractivity (Wildman–Crippen MR) is 87.4 cm³/mol. The summed E-state index contributed by atoms with van der Waals surface area (Å²) in [6, 6.07) is 11.7. The Morgan fingerprint density at radius 3 is 2.45 bits per heavy atom. The van der Waals surface area contributed by atoms with E-state index in [2.05, 4.69) is 54.9 Å². The molecule has 0 aliphatic heterocycles. The summed E-state index contributed by atoms with van der Waals surface area (Å²) in [7, 11) is 0. The Morgan fingerprint density at radius 2 is 1.90 bits per heavy atom. The molecule has 1 aromatic heterocycles. The maximum atomic E-state index is 3.80. The molecule has 1 aromatic carbocycles. The van der Waals surface area contributed by atoms with Gasteiger partial charge in [0.25, 0.3) is 0 Å². The summed E-state index contributed by atoms with van der Waals surface area (Å²) >= 11 is 1.91. The molecule has 1 nitrogen and oxygen atoms in total. The Morgan fingerprint density at radius 1 is 1.20 bits per heavy atom. The van der Waals surface area contributed by atoms with Crippen molar-refractivity contribution in [1.82, 2.24) is 5.32 Å². The highest BCUT2D eigenvalue weighted by molar-refractivity contribution is 7.10. The van der Waals surface area contributed by atoms with Crippen molar-refractivity contribution in [2.24, 2.45) is 5.92 Å². The van der Waals surface area contributed by atoms with E-state index >= 15 is 0 Å². The van der Waals surface area contributed by atoms with Gasteiger partial charge in [-0.15, -0.1) is 11.3 Å². The van der Waals surface area contributed by atoms with E-state index in [0.717, 1.165) is 6.54 Å². The Hall–Kier alpha value is -1.12.